The molecule has 2 aromatic carbocycles. The molecule has 9 amide bonds. The summed E-state index contributed by atoms with van der Waals surface area (Å²) in [5.41, 5.74) is 9.53. The van der Waals surface area contributed by atoms with Crippen molar-refractivity contribution < 1.29 is 80.1 Å². The van der Waals surface area contributed by atoms with Gasteiger partial charge in [-0.15, -0.1) is 5.10 Å². The maximum Gasteiger partial charge on any atom is 0.312 e. The summed E-state index contributed by atoms with van der Waals surface area (Å²) in [5.74, 6) is -3.49. The van der Waals surface area contributed by atoms with Crippen molar-refractivity contribution >= 4 is 63.2 Å². The van der Waals surface area contributed by atoms with Crippen LogP contribution in [0, 0.1) is 28.6 Å². The topological polar surface area (TPSA) is 410 Å². The van der Waals surface area contributed by atoms with Crippen molar-refractivity contribution in [3.05, 3.63) is 70.0 Å². The molecule has 1 unspecified atom stereocenters. The fraction of sp³-hybridized carbons (Fsp3) is 0.707. The van der Waals surface area contributed by atoms with Gasteiger partial charge < -0.3 is 71.7 Å². The van der Waals surface area contributed by atoms with E-state index in [-0.39, 0.29) is 98.8 Å². The van der Waals surface area contributed by atoms with Crippen LogP contribution in [-0.4, -0.2) is 190 Å². The predicted molar refractivity (Wildman–Crippen MR) is 392 cm³/mol. The van der Waals surface area contributed by atoms with E-state index in [0.29, 0.717) is 103 Å². The van der Waals surface area contributed by atoms with Gasteiger partial charge in [0.15, 0.2) is 0 Å². The van der Waals surface area contributed by atoms with Crippen molar-refractivity contribution in [2.24, 2.45) is 34.3 Å². The number of primary amides is 1. The summed E-state index contributed by atoms with van der Waals surface area (Å²) in [7, 11) is -2.47. The first-order chi connectivity index (χ1) is 50.1. The number of unbranched alkanes of at least 4 members (excludes halogenated alkanes) is 1. The number of hydrogen-bond donors (Lipinski definition) is 11. The molecular formula is C75H116N12O17S. The smallest absolute Gasteiger partial charge is 0.312 e. The molecule has 584 valence electrons. The van der Waals surface area contributed by atoms with E-state index in [1.165, 1.54) is 5.56 Å². The van der Waals surface area contributed by atoms with Crippen molar-refractivity contribution in [3.8, 4) is 5.75 Å². The van der Waals surface area contributed by atoms with Crippen molar-refractivity contribution in [3.63, 3.8) is 0 Å². The highest BCUT2D eigenvalue weighted by Gasteiger charge is 2.59. The average Bonchev–Trinajstić information content (AvgIpc) is 1.10. The minimum atomic E-state index is -4.14. The van der Waals surface area contributed by atoms with Gasteiger partial charge in [-0.05, 0) is 185 Å². The van der Waals surface area contributed by atoms with E-state index >= 15 is 0 Å². The molecular weight excluding hydrogens is 1370 g/mol. The Bertz CT molecular complexity index is 3580. The van der Waals surface area contributed by atoms with Crippen LogP contribution >= 0.6 is 0 Å². The number of nitrogens with zero attached hydrogens (tertiary/aromatic N) is 3. The van der Waals surface area contributed by atoms with Crippen LogP contribution < -0.4 is 48.3 Å². The maximum atomic E-state index is 14.9. The Morgan fingerprint density at radius 1 is 0.638 bits per heavy atom. The number of amides is 9. The number of aromatic hydroxyl groups is 1. The summed E-state index contributed by atoms with van der Waals surface area (Å²) in [6.45, 7) is 15.2. The molecule has 1 heterocycles. The number of aryl methyl sites for hydroxylation is 2. The number of aromatic nitrogens is 3. The van der Waals surface area contributed by atoms with Crippen molar-refractivity contribution in [1.82, 2.24) is 52.2 Å². The maximum absolute atomic E-state index is 14.9. The number of carbonyl (C=O) groups is 8. The highest BCUT2D eigenvalue weighted by molar-refractivity contribution is 7.85. The third-order valence-electron chi connectivity index (χ3n) is 22.7. The number of phenolic OH excluding ortho intramolecular Hbond substituents is 1. The number of benzene rings is 2. The number of nitrogens with two attached hydrogens (primary N) is 1. The second kappa shape index (κ2) is 39.1. The van der Waals surface area contributed by atoms with E-state index in [0.717, 1.165) is 98.7 Å². The summed E-state index contributed by atoms with van der Waals surface area (Å²) < 4.78 is 60.5. The van der Waals surface area contributed by atoms with Gasteiger partial charge in [0.2, 0.25) is 41.4 Å². The van der Waals surface area contributed by atoms with Crippen LogP contribution in [0.2, 0.25) is 0 Å². The highest BCUT2D eigenvalue weighted by Crippen LogP contribution is 2.60. The number of anilines is 1. The zero-order chi connectivity index (χ0) is 76.0. The van der Waals surface area contributed by atoms with Gasteiger partial charge in [0.1, 0.15) is 36.2 Å². The standard InChI is InChI=1S/C75H116N12O17S/c1-49(2)64(83-66(91)56(77-7)16-11-12-33-78-63(90)48-104-59-19-10-8-9-18-58-65(59)85-86-87(58)36-38-101-40-42-103-44-43-102-41-39-100-37-28-62(89)79-35-45-105(97,98)99)68(93)82-57(17-13-34-80-71(76)96)67(92)81-52-24-20-50-22-26-60-72(3,54(50)46-52)29-14-31-74(60,5)69(94)84-70(95)75(6)32-15-30-73(4)55-47-53(88)25-21-51(55)23-27-61(73)75/h20-21,24-25,46-47,49,56-57,59-61,64,77,88H,8-19,22-23,26-45,48H2,1-7H3,(H,78,90)(H,79,89)(H,81,92)(H,82,93)(H,83,91)(H3,76,80,96)(H,84,94,95)(H,97,98,99)/t56-,57+,59?,60-,61-,64+,72-,73-,74+,75+/m1/s1. The number of ether oxygens (including phenoxy) is 5. The van der Waals surface area contributed by atoms with Gasteiger partial charge in [0.05, 0.1) is 87.7 Å². The van der Waals surface area contributed by atoms with Crippen LogP contribution in [-0.2, 0) is 104 Å². The zero-order valence-electron chi connectivity index (χ0n) is 62.6. The Balaban J connectivity index is 0.762. The van der Waals surface area contributed by atoms with Gasteiger partial charge in [0, 0.05) is 31.7 Å². The lowest BCUT2D eigenvalue weighted by atomic mass is 9.49. The SMILES string of the molecule is CN[C@H](CCCCNC(=O)COC1CCCCCc2c1nnn2CCOCCOCCOCCOCCC(=O)NCCS(=O)(=O)O)C(=O)N[C@H](C(=O)N[C@@H](CCCNC(N)=O)C(=O)Nc1ccc2c(c1)[C@@]1(C)CCC[C@](C)(C(=O)NC(=O)[C@@]3(C)CCC[C@]4(C)c5cc(O)ccc5CC[C@@H]34)[C@@H]1CC2)C(C)C. The summed E-state index contributed by atoms with van der Waals surface area (Å²) in [5, 5.41) is 42.3. The van der Waals surface area contributed by atoms with E-state index in [1.54, 1.807) is 27.0 Å². The number of rotatable bonds is 40. The molecule has 12 N–H and O–H groups in total. The quantitative estimate of drug-likeness (QED) is 0.0188. The lowest BCUT2D eigenvalue weighted by Crippen LogP contribution is -2.60. The highest BCUT2D eigenvalue weighted by atomic mass is 32.2. The molecule has 0 aliphatic heterocycles. The number of hydrogen-bond acceptors (Lipinski definition) is 19. The van der Waals surface area contributed by atoms with E-state index in [4.69, 9.17) is 34.0 Å². The van der Waals surface area contributed by atoms with Gasteiger partial charge in [-0.3, -0.25) is 43.4 Å². The Hall–Kier alpha value is -7.19. The van der Waals surface area contributed by atoms with E-state index in [2.05, 4.69) is 66.7 Å². The molecule has 0 bridgehead atoms. The molecule has 30 heteroatoms. The van der Waals surface area contributed by atoms with Gasteiger partial charge in [-0.25, -0.2) is 9.48 Å². The first kappa shape index (κ1) is 83.4. The molecule has 8 rings (SSSR count). The molecule has 5 aliphatic rings. The lowest BCUT2D eigenvalue weighted by Gasteiger charge is -2.56. The Morgan fingerprint density at radius 3 is 1.85 bits per heavy atom. The largest absolute Gasteiger partial charge is 0.508 e. The normalized spacial score (nSPS) is 23.6. The Labute approximate surface area is 618 Å². The second-order valence-electron chi connectivity index (χ2n) is 30.3. The third-order valence-corrected chi connectivity index (χ3v) is 23.4. The molecule has 5 aliphatic carbocycles. The van der Waals surface area contributed by atoms with E-state index < -0.39 is 86.0 Å². The molecule has 1 aromatic heterocycles. The minimum Gasteiger partial charge on any atom is -0.508 e. The van der Waals surface area contributed by atoms with Gasteiger partial charge >= 0.3 is 6.03 Å². The Kier molecular flexibility index (Phi) is 31.1. The minimum absolute atomic E-state index is 0.0159. The molecule has 2 fully saturated rings. The number of likely N-dealkylation sites (N-methyl/N-ethyl adjacent to an activating group) is 1. The van der Waals surface area contributed by atoms with Crippen LogP contribution in [0.3, 0.4) is 0 Å². The number of urea groups is 1. The third kappa shape index (κ3) is 22.7. The summed E-state index contributed by atoms with van der Waals surface area (Å²) >= 11 is 0. The number of fused-ring (bicyclic) bond motifs is 7. The van der Waals surface area contributed by atoms with Crippen LogP contribution in [0.5, 0.6) is 5.75 Å². The molecule has 3 aromatic rings. The van der Waals surface area contributed by atoms with E-state index in [9.17, 15) is 51.9 Å². The number of imide groups is 1. The Morgan fingerprint density at radius 2 is 1.23 bits per heavy atom. The van der Waals surface area contributed by atoms with Crippen LogP contribution in [0.4, 0.5) is 10.5 Å². The lowest BCUT2D eigenvalue weighted by molar-refractivity contribution is -0.150. The summed E-state index contributed by atoms with van der Waals surface area (Å²) in [6.07, 6.45) is 13.5. The molecule has 10 atom stereocenters. The molecule has 2 saturated carbocycles. The van der Waals surface area contributed by atoms with E-state index in [1.807, 2.05) is 48.9 Å². The summed E-state index contributed by atoms with van der Waals surface area (Å²) in [6, 6.07) is 7.92. The van der Waals surface area contributed by atoms with Gasteiger partial charge in [0.25, 0.3) is 10.1 Å². The number of carbonyl (C=O) groups excluding carboxylic acids is 8. The van der Waals surface area contributed by atoms with Crippen LogP contribution in [0.15, 0.2) is 36.4 Å². The zero-order valence-corrected chi connectivity index (χ0v) is 63.4. The first-order valence-electron chi connectivity index (χ1n) is 37.9. The monoisotopic (exact) mass is 1490 g/mol. The van der Waals surface area contributed by atoms with Gasteiger partial charge in [-0.1, -0.05) is 84.6 Å². The molecule has 0 radical (unpaired) electrons. The van der Waals surface area contributed by atoms with Crippen molar-refractivity contribution in [2.45, 2.75) is 218 Å². The molecule has 0 saturated heterocycles. The average molecular weight is 1490 g/mol. The number of phenols is 1. The fourth-order valence-corrected chi connectivity index (χ4v) is 17.3. The molecule has 0 spiro atoms. The number of nitrogens with one attached hydrogen (secondary N) is 8. The predicted octanol–water partition coefficient (Wildman–Crippen LogP) is 5.57. The first-order valence-corrected chi connectivity index (χ1v) is 39.5. The van der Waals surface area contributed by atoms with Crippen LogP contribution in [0.25, 0.3) is 0 Å². The van der Waals surface area contributed by atoms with Crippen molar-refractivity contribution in [1.29, 1.82) is 0 Å². The van der Waals surface area contributed by atoms with Crippen LogP contribution in [0.1, 0.15) is 197 Å². The van der Waals surface area contributed by atoms with Crippen molar-refractivity contribution in [2.75, 3.05) is 97.2 Å². The molecule has 105 heavy (non-hydrogen) atoms. The molecule has 29 nitrogen and oxygen atoms in total. The summed E-state index contributed by atoms with van der Waals surface area (Å²) in [4.78, 5) is 109. The fourth-order valence-electron chi connectivity index (χ4n) is 16.9. The van der Waals surface area contributed by atoms with Gasteiger partial charge in [-0.2, -0.15) is 8.42 Å². The second-order valence-corrected chi connectivity index (χ2v) is 31.9.